The Kier molecular flexibility index (Phi) is 5.00. The number of aromatic nitrogens is 2. The molecule has 0 radical (unpaired) electrons. The first-order chi connectivity index (χ1) is 9.20. The van der Waals surface area contributed by atoms with E-state index in [1.807, 2.05) is 30.1 Å². The summed E-state index contributed by atoms with van der Waals surface area (Å²) >= 11 is 5.92. The number of halogens is 1. The van der Waals surface area contributed by atoms with Gasteiger partial charge in [0, 0.05) is 43.0 Å². The summed E-state index contributed by atoms with van der Waals surface area (Å²) in [5.41, 5.74) is 2.54. The van der Waals surface area contributed by atoms with Gasteiger partial charge in [-0.05, 0) is 30.2 Å². The fourth-order valence-corrected chi connectivity index (χ4v) is 2.34. The molecule has 0 aliphatic rings. The summed E-state index contributed by atoms with van der Waals surface area (Å²) in [6.07, 6.45) is 3.89. The molecule has 0 aliphatic heterocycles. The van der Waals surface area contributed by atoms with Gasteiger partial charge in [0.1, 0.15) is 0 Å². The van der Waals surface area contributed by atoms with E-state index >= 15 is 0 Å². The highest BCUT2D eigenvalue weighted by Gasteiger charge is 2.08. The molecule has 19 heavy (non-hydrogen) atoms. The fraction of sp³-hybridized carbons (Fsp3) is 0.400. The van der Waals surface area contributed by atoms with E-state index in [0.717, 1.165) is 24.4 Å². The van der Waals surface area contributed by atoms with Crippen LogP contribution in [0.3, 0.4) is 0 Å². The predicted molar refractivity (Wildman–Crippen MR) is 79.4 cm³/mol. The summed E-state index contributed by atoms with van der Waals surface area (Å²) < 4.78 is 1.92. The van der Waals surface area contributed by atoms with Crippen molar-refractivity contribution in [2.45, 2.75) is 25.8 Å². The van der Waals surface area contributed by atoms with Crippen LogP contribution in [0.15, 0.2) is 36.5 Å². The minimum absolute atomic E-state index is 0.380. The second-order valence-corrected chi connectivity index (χ2v) is 5.10. The van der Waals surface area contributed by atoms with Gasteiger partial charge in [-0.3, -0.25) is 4.68 Å². The lowest BCUT2D eigenvalue weighted by molar-refractivity contribution is 0.516. The number of hydrogen-bond donors (Lipinski definition) is 1. The number of nitrogens with zero attached hydrogens (tertiary/aromatic N) is 2. The van der Waals surface area contributed by atoms with Crippen molar-refractivity contribution in [3.05, 3.63) is 52.8 Å². The molecule has 0 saturated carbocycles. The maximum absolute atomic E-state index is 5.92. The van der Waals surface area contributed by atoms with Gasteiger partial charge < -0.3 is 5.32 Å². The average Bonchev–Trinajstić information content (AvgIpc) is 2.82. The summed E-state index contributed by atoms with van der Waals surface area (Å²) in [5, 5.41) is 8.55. The van der Waals surface area contributed by atoms with Crippen molar-refractivity contribution in [2.75, 3.05) is 6.54 Å². The Morgan fingerprint density at radius 3 is 2.58 bits per heavy atom. The molecule has 1 aromatic carbocycles. The summed E-state index contributed by atoms with van der Waals surface area (Å²) in [4.78, 5) is 0. The van der Waals surface area contributed by atoms with E-state index < -0.39 is 0 Å². The molecule has 0 aliphatic carbocycles. The number of hydrogen-bond acceptors (Lipinski definition) is 2. The summed E-state index contributed by atoms with van der Waals surface area (Å²) in [7, 11) is 1.98. The van der Waals surface area contributed by atoms with Gasteiger partial charge in [-0.25, -0.2) is 0 Å². The van der Waals surface area contributed by atoms with Crippen molar-refractivity contribution in [3.63, 3.8) is 0 Å². The van der Waals surface area contributed by atoms with Gasteiger partial charge >= 0.3 is 0 Å². The Morgan fingerprint density at radius 2 is 2.00 bits per heavy atom. The predicted octanol–water partition coefficient (Wildman–Crippen LogP) is 3.36. The van der Waals surface area contributed by atoms with Crippen molar-refractivity contribution >= 4 is 11.6 Å². The Labute approximate surface area is 119 Å². The third-order valence-electron chi connectivity index (χ3n) is 3.37. The van der Waals surface area contributed by atoms with Crippen molar-refractivity contribution in [1.82, 2.24) is 15.1 Å². The van der Waals surface area contributed by atoms with Crippen LogP contribution in [0, 0.1) is 0 Å². The first-order valence-corrected chi connectivity index (χ1v) is 7.04. The molecule has 102 valence electrons. The Bertz CT molecular complexity index is 504. The van der Waals surface area contributed by atoms with Crippen LogP contribution in [-0.2, 0) is 13.5 Å². The standard InChI is InChI=1S/C15H20ClN3/c1-3-15(12-4-6-13(16)7-5-12)17-10-8-14-9-11-18-19(14)2/h4-7,9,11,15,17H,3,8,10H2,1-2H3. The van der Waals surface area contributed by atoms with Gasteiger partial charge in [0.15, 0.2) is 0 Å². The monoisotopic (exact) mass is 277 g/mol. The third-order valence-corrected chi connectivity index (χ3v) is 3.63. The molecule has 3 nitrogen and oxygen atoms in total. The first-order valence-electron chi connectivity index (χ1n) is 6.66. The molecule has 1 N–H and O–H groups in total. The van der Waals surface area contributed by atoms with Gasteiger partial charge in [-0.2, -0.15) is 5.10 Å². The summed E-state index contributed by atoms with van der Waals surface area (Å²) in [6, 6.07) is 10.5. The minimum Gasteiger partial charge on any atom is -0.310 e. The van der Waals surface area contributed by atoms with E-state index in [0.29, 0.717) is 6.04 Å². The molecule has 0 bridgehead atoms. The van der Waals surface area contributed by atoms with Crippen LogP contribution in [0.25, 0.3) is 0 Å². The topological polar surface area (TPSA) is 29.9 Å². The lowest BCUT2D eigenvalue weighted by Gasteiger charge is -2.17. The quantitative estimate of drug-likeness (QED) is 0.877. The largest absolute Gasteiger partial charge is 0.310 e. The smallest absolute Gasteiger partial charge is 0.0492 e. The average molecular weight is 278 g/mol. The zero-order valence-corrected chi connectivity index (χ0v) is 12.2. The lowest BCUT2D eigenvalue weighted by atomic mass is 10.0. The van der Waals surface area contributed by atoms with Crippen LogP contribution >= 0.6 is 11.6 Å². The molecule has 1 aromatic heterocycles. The van der Waals surface area contributed by atoms with Gasteiger partial charge in [-0.1, -0.05) is 30.7 Å². The van der Waals surface area contributed by atoms with Crippen LogP contribution in [0.2, 0.25) is 5.02 Å². The van der Waals surface area contributed by atoms with Crippen molar-refractivity contribution < 1.29 is 0 Å². The van der Waals surface area contributed by atoms with Crippen LogP contribution < -0.4 is 5.32 Å². The van der Waals surface area contributed by atoms with E-state index in [1.54, 1.807) is 0 Å². The molecule has 0 amide bonds. The molecule has 2 rings (SSSR count). The van der Waals surface area contributed by atoms with E-state index in [4.69, 9.17) is 11.6 Å². The molecule has 2 aromatic rings. The van der Waals surface area contributed by atoms with Crippen LogP contribution in [0.1, 0.15) is 30.6 Å². The highest BCUT2D eigenvalue weighted by atomic mass is 35.5. The third kappa shape index (κ3) is 3.82. The summed E-state index contributed by atoms with van der Waals surface area (Å²) in [6.45, 7) is 3.14. The first kappa shape index (κ1) is 14.1. The molecule has 4 heteroatoms. The molecule has 1 atom stereocenters. The SMILES string of the molecule is CCC(NCCc1ccnn1C)c1ccc(Cl)cc1. The molecule has 0 saturated heterocycles. The molecule has 1 heterocycles. The van der Waals surface area contributed by atoms with Gasteiger partial charge in [0.25, 0.3) is 0 Å². The second-order valence-electron chi connectivity index (χ2n) is 4.66. The van der Waals surface area contributed by atoms with Gasteiger partial charge in [0.2, 0.25) is 0 Å². The molecular formula is C15H20ClN3. The van der Waals surface area contributed by atoms with E-state index in [2.05, 4.69) is 35.5 Å². The normalized spacial score (nSPS) is 12.6. The van der Waals surface area contributed by atoms with Crippen LogP contribution in [-0.4, -0.2) is 16.3 Å². The lowest BCUT2D eigenvalue weighted by Crippen LogP contribution is -2.23. The van der Waals surface area contributed by atoms with E-state index in [1.165, 1.54) is 11.3 Å². The zero-order chi connectivity index (χ0) is 13.7. The Hall–Kier alpha value is -1.32. The minimum atomic E-state index is 0.380. The number of aryl methyl sites for hydroxylation is 1. The number of benzene rings is 1. The van der Waals surface area contributed by atoms with E-state index in [9.17, 15) is 0 Å². The summed E-state index contributed by atoms with van der Waals surface area (Å²) in [5.74, 6) is 0. The zero-order valence-electron chi connectivity index (χ0n) is 11.4. The molecular weight excluding hydrogens is 258 g/mol. The maximum atomic E-state index is 5.92. The maximum Gasteiger partial charge on any atom is 0.0492 e. The molecule has 0 fully saturated rings. The van der Waals surface area contributed by atoms with Crippen molar-refractivity contribution in [2.24, 2.45) is 7.05 Å². The van der Waals surface area contributed by atoms with Crippen molar-refractivity contribution in [3.8, 4) is 0 Å². The second kappa shape index (κ2) is 6.73. The van der Waals surface area contributed by atoms with Crippen molar-refractivity contribution in [1.29, 1.82) is 0 Å². The van der Waals surface area contributed by atoms with Gasteiger partial charge in [-0.15, -0.1) is 0 Å². The highest BCUT2D eigenvalue weighted by molar-refractivity contribution is 6.30. The van der Waals surface area contributed by atoms with Crippen LogP contribution in [0.4, 0.5) is 0 Å². The molecule has 0 spiro atoms. The Balaban J connectivity index is 1.89. The molecule has 1 unspecified atom stereocenters. The Morgan fingerprint density at radius 1 is 1.26 bits per heavy atom. The van der Waals surface area contributed by atoms with Gasteiger partial charge in [0.05, 0.1) is 0 Å². The number of nitrogens with one attached hydrogen (secondary N) is 1. The van der Waals surface area contributed by atoms with E-state index in [-0.39, 0.29) is 0 Å². The fourth-order valence-electron chi connectivity index (χ4n) is 2.21. The number of rotatable bonds is 6. The van der Waals surface area contributed by atoms with Crippen LogP contribution in [0.5, 0.6) is 0 Å². The highest BCUT2D eigenvalue weighted by Crippen LogP contribution is 2.19.